The van der Waals surface area contributed by atoms with Crippen LogP contribution in [0.2, 0.25) is 0 Å². The molecular weight excluding hydrogens is 1710 g/mol. The van der Waals surface area contributed by atoms with Crippen molar-refractivity contribution in [1.82, 2.24) is 32.0 Å². The lowest BCUT2D eigenvalue weighted by atomic mass is 10.0. The van der Waals surface area contributed by atoms with Crippen LogP contribution in [0.5, 0.6) is 0 Å². The van der Waals surface area contributed by atoms with Gasteiger partial charge in [0.1, 0.15) is 0 Å². The molecule has 22 aromatic carbocycles. The van der Waals surface area contributed by atoms with Crippen LogP contribution in [0.1, 0.15) is 5.56 Å². The minimum absolute atomic E-state index is 0.669. The predicted octanol–water partition coefficient (Wildman–Crippen LogP) is 34.9. The zero-order valence-electron chi connectivity index (χ0n) is 76.7. The molecule has 0 fully saturated rings. The van der Waals surface area contributed by atoms with Crippen LogP contribution in [0, 0.1) is 11.3 Å². The molecule has 0 saturated heterocycles. The van der Waals surface area contributed by atoms with E-state index in [1.54, 1.807) is 0 Å². The first-order valence-electron chi connectivity index (χ1n) is 48.2. The Hall–Kier alpha value is -19.1. The molecule has 0 bridgehead atoms. The van der Waals surface area contributed by atoms with Gasteiger partial charge in [0.25, 0.3) is 0 Å². The van der Waals surface area contributed by atoms with Gasteiger partial charge in [-0.1, -0.05) is 352 Å². The molecular formula is C133H86N8. The fraction of sp³-hybridized carbons (Fsp3) is 0. The van der Waals surface area contributed by atoms with Crippen molar-refractivity contribution in [3.05, 3.63) is 527 Å². The molecule has 7 aromatic heterocycles. The molecule has 0 amide bonds. The monoisotopic (exact) mass is 1790 g/mol. The first kappa shape index (κ1) is 81.5. The molecule has 0 spiro atoms. The molecule has 0 aliphatic rings. The van der Waals surface area contributed by atoms with E-state index in [2.05, 4.69) is 535 Å². The maximum Gasteiger partial charge on any atom is 0.0991 e. The van der Waals surface area contributed by atoms with Crippen LogP contribution < -0.4 is 0 Å². The molecule has 0 aliphatic carbocycles. The topological polar surface area (TPSA) is 58.3 Å². The predicted molar refractivity (Wildman–Crippen MR) is 592 cm³/mol. The Bertz CT molecular complexity index is 10000. The second kappa shape index (κ2) is 33.8. The molecule has 7 heterocycles. The summed E-state index contributed by atoms with van der Waals surface area (Å²) in [5.74, 6) is 0. The molecule has 29 rings (SSSR count). The molecule has 0 N–H and O–H groups in total. The fourth-order valence-corrected chi connectivity index (χ4v) is 22.5. The van der Waals surface area contributed by atoms with Crippen molar-refractivity contribution >= 4 is 153 Å². The maximum absolute atomic E-state index is 9.20. The van der Waals surface area contributed by atoms with Crippen molar-refractivity contribution in [2.24, 2.45) is 0 Å². The third-order valence-corrected chi connectivity index (χ3v) is 28.7. The van der Waals surface area contributed by atoms with Crippen LogP contribution in [0.3, 0.4) is 0 Å². The maximum atomic E-state index is 9.20. The van der Waals surface area contributed by atoms with Crippen molar-refractivity contribution < 1.29 is 0 Å². The van der Waals surface area contributed by atoms with E-state index in [4.69, 9.17) is 0 Å². The van der Waals surface area contributed by atoms with E-state index in [0.717, 1.165) is 45.3 Å². The molecule has 0 unspecified atom stereocenters. The van der Waals surface area contributed by atoms with Gasteiger partial charge in [-0.15, -0.1) is 0 Å². The van der Waals surface area contributed by atoms with E-state index >= 15 is 0 Å². The Morgan fingerprint density at radius 1 is 0.128 bits per heavy atom. The number of para-hydroxylation sites is 8. The van der Waals surface area contributed by atoms with Gasteiger partial charge >= 0.3 is 0 Å². The Labute approximate surface area is 812 Å². The first-order valence-corrected chi connectivity index (χ1v) is 48.2. The van der Waals surface area contributed by atoms with E-state index < -0.39 is 0 Å². The molecule has 0 atom stereocenters. The lowest BCUT2D eigenvalue weighted by Crippen LogP contribution is -1.99. The van der Waals surface area contributed by atoms with Gasteiger partial charge < -0.3 is 32.0 Å². The van der Waals surface area contributed by atoms with Gasteiger partial charge in [-0.2, -0.15) is 5.26 Å². The van der Waals surface area contributed by atoms with E-state index in [0.29, 0.717) is 5.56 Å². The van der Waals surface area contributed by atoms with Gasteiger partial charge in [-0.25, -0.2) is 0 Å². The van der Waals surface area contributed by atoms with E-state index in [1.165, 1.54) is 203 Å². The minimum Gasteiger partial charge on any atom is -0.309 e. The second-order valence-electron chi connectivity index (χ2n) is 36.5. The van der Waals surface area contributed by atoms with Gasteiger partial charge in [0.15, 0.2) is 0 Å². The zero-order chi connectivity index (χ0) is 93.1. The zero-order valence-corrected chi connectivity index (χ0v) is 76.7. The summed E-state index contributed by atoms with van der Waals surface area (Å²) in [4.78, 5) is 0. The smallest absolute Gasteiger partial charge is 0.0991 e. The normalized spacial score (nSPS) is 11.7. The van der Waals surface area contributed by atoms with Crippen molar-refractivity contribution in [3.8, 4) is 102 Å². The van der Waals surface area contributed by atoms with Gasteiger partial charge in [0, 0.05) is 115 Å². The molecule has 0 saturated carbocycles. The summed E-state index contributed by atoms with van der Waals surface area (Å²) in [7, 11) is 0. The van der Waals surface area contributed by atoms with Gasteiger partial charge in [-0.05, 0) is 225 Å². The van der Waals surface area contributed by atoms with E-state index in [-0.39, 0.29) is 0 Å². The summed E-state index contributed by atoms with van der Waals surface area (Å²) in [5.41, 5.74) is 37.5. The van der Waals surface area contributed by atoms with Crippen LogP contribution >= 0.6 is 0 Å². The number of benzene rings is 22. The number of hydrogen-bond donors (Lipinski definition) is 0. The van der Waals surface area contributed by atoms with Gasteiger partial charge in [0.05, 0.1) is 88.9 Å². The molecule has 0 aliphatic heterocycles. The molecule has 29 aromatic rings. The van der Waals surface area contributed by atoms with Gasteiger partial charge in [-0.3, -0.25) is 0 Å². The lowest BCUT2D eigenvalue weighted by Gasteiger charge is -2.13. The Morgan fingerprint density at radius 2 is 0.355 bits per heavy atom. The lowest BCUT2D eigenvalue weighted by molar-refractivity contribution is 1.15. The quantitative estimate of drug-likeness (QED) is 0.120. The average molecular weight is 1800 g/mol. The molecule has 8 heteroatoms. The molecule has 8 nitrogen and oxygen atoms in total. The summed E-state index contributed by atoms with van der Waals surface area (Å²) in [6.07, 6.45) is 0. The van der Waals surface area contributed by atoms with E-state index in [1.807, 2.05) is 24.3 Å². The molecule has 658 valence electrons. The van der Waals surface area contributed by atoms with Crippen LogP contribution in [0.25, 0.3) is 248 Å². The summed E-state index contributed by atoms with van der Waals surface area (Å²) in [6.45, 7) is 0. The average Bonchev–Trinajstić information content (AvgIpc) is 1.54. The summed E-state index contributed by atoms with van der Waals surface area (Å²) in [5, 5.41) is 26.8. The van der Waals surface area contributed by atoms with Crippen molar-refractivity contribution in [2.45, 2.75) is 0 Å². The SMILES string of the molecule is N#Cc1ccc(-c2ccc(-n3c4ccccc4c4c5c6ccccc6n(-c6cccc(-c7ccccc7)c6)c5ccc43)cc2)cc1.c1ccc(-c2ccc(-n3c4cc(-c5ccccc5)ccc4c4c5c6ccccc6n(-c6ccccc6)c5ccc43)cc2)cc1.c1ccc(-c2cccc(-n3c4ccccc4c4cc(-n5c6ccccc6c6ccc7c8ccccc8n(-c8ccccc8)c7c65)ccc43)c2)cc1. The number of aromatic nitrogens is 7. The molecule has 141 heavy (non-hydrogen) atoms. The Balaban J connectivity index is 0.000000106. The highest BCUT2D eigenvalue weighted by molar-refractivity contribution is 6.31. The van der Waals surface area contributed by atoms with Crippen molar-refractivity contribution in [2.75, 3.05) is 0 Å². The summed E-state index contributed by atoms with van der Waals surface area (Å²) >= 11 is 0. The van der Waals surface area contributed by atoms with E-state index in [9.17, 15) is 5.26 Å². The highest BCUT2D eigenvalue weighted by Gasteiger charge is 2.27. The highest BCUT2D eigenvalue weighted by Crippen LogP contribution is 2.49. The van der Waals surface area contributed by atoms with Crippen molar-refractivity contribution in [1.29, 1.82) is 5.26 Å². The number of fused-ring (bicyclic) bond motifs is 24. The van der Waals surface area contributed by atoms with Crippen molar-refractivity contribution in [3.63, 3.8) is 0 Å². The third kappa shape index (κ3) is 13.5. The van der Waals surface area contributed by atoms with Crippen LogP contribution in [0.4, 0.5) is 0 Å². The van der Waals surface area contributed by atoms with Gasteiger partial charge in [0.2, 0.25) is 0 Å². The standard InChI is InChI=1S/C48H31N3.C43H27N3.C42H28N2/c1-3-14-32(15-4-1)33-16-13-19-35(30-33)49-43-23-10-9-22-39(43)42-31-36(26-29-46(42)49)51-45-25-12-8-21-38(45)41-28-27-40-37-20-7-11-24-44(37)50(47(40)48(41)51)34-17-5-2-6-18-34;44-28-29-17-19-31(20-18-29)32-21-23-34(24-22-32)45-38-15-6-4-13-36(38)42-40(45)25-26-41-43(42)37-14-5-7-16-39(37)46(41)35-12-8-11-33(27-35)30-9-2-1-3-10-30;1-4-12-29(13-5-1)31-20-23-34(24-21-31)44-39-27-26-38-41(35-18-10-11-19-37(35)43(38)33-16-8-3-9-17-33)42(39)36-25-22-32(28-40(36)44)30-14-6-2-7-15-30/h1-31H;1-27H;1-28H. The third-order valence-electron chi connectivity index (χ3n) is 28.7. The number of nitriles is 1. The Morgan fingerprint density at radius 3 is 0.759 bits per heavy atom. The van der Waals surface area contributed by atoms with Crippen LogP contribution in [0.15, 0.2) is 522 Å². The fourth-order valence-electron chi connectivity index (χ4n) is 22.5. The summed E-state index contributed by atoms with van der Waals surface area (Å²) < 4.78 is 17.0. The highest BCUT2D eigenvalue weighted by atomic mass is 15.1. The summed E-state index contributed by atoms with van der Waals surface area (Å²) in [6, 6.07) is 190. The minimum atomic E-state index is 0.669. The Kier molecular flexibility index (Phi) is 19.5. The number of nitrogens with zero attached hydrogens (tertiary/aromatic N) is 8. The van der Waals surface area contributed by atoms with Crippen LogP contribution in [-0.4, -0.2) is 32.0 Å². The largest absolute Gasteiger partial charge is 0.309 e. The van der Waals surface area contributed by atoms with Crippen LogP contribution in [-0.2, 0) is 0 Å². The number of hydrogen-bond acceptors (Lipinski definition) is 1. The first-order chi connectivity index (χ1) is 70.0. The number of rotatable bonds is 12. The molecule has 0 radical (unpaired) electrons. The second-order valence-corrected chi connectivity index (χ2v) is 36.5.